The second-order valence-corrected chi connectivity index (χ2v) is 7.84. The zero-order valence-corrected chi connectivity index (χ0v) is 17.1. The van der Waals surface area contributed by atoms with Crippen molar-refractivity contribution < 1.29 is 14.3 Å². The standard InChI is InChI=1S/C19H29ClN4O3/c1-13(25)21-16-10-17(26-11-14-6-4-8-23(14)2)19(22-18(16)20)27-12-15-7-5-9-24(15)3/h10,14-15H,4-9,11-12H2,1-3H3,(H,21,25)/t14-,15-/m1/s1. The summed E-state index contributed by atoms with van der Waals surface area (Å²) in [6, 6.07) is 2.45. The summed E-state index contributed by atoms with van der Waals surface area (Å²) >= 11 is 6.24. The van der Waals surface area contributed by atoms with Crippen LogP contribution in [0.1, 0.15) is 32.6 Å². The van der Waals surface area contributed by atoms with Gasteiger partial charge in [0, 0.05) is 25.1 Å². The maximum absolute atomic E-state index is 11.4. The van der Waals surface area contributed by atoms with Crippen molar-refractivity contribution in [2.45, 2.75) is 44.7 Å². The van der Waals surface area contributed by atoms with Crippen molar-refractivity contribution in [1.82, 2.24) is 14.8 Å². The van der Waals surface area contributed by atoms with Crippen LogP contribution in [0, 0.1) is 0 Å². The smallest absolute Gasteiger partial charge is 0.258 e. The molecule has 0 spiro atoms. The van der Waals surface area contributed by atoms with E-state index < -0.39 is 0 Å². The van der Waals surface area contributed by atoms with Gasteiger partial charge in [-0.2, -0.15) is 4.98 Å². The molecule has 150 valence electrons. The van der Waals surface area contributed by atoms with Crippen molar-refractivity contribution in [2.24, 2.45) is 0 Å². The van der Waals surface area contributed by atoms with Crippen LogP contribution in [-0.4, -0.2) is 73.2 Å². The summed E-state index contributed by atoms with van der Waals surface area (Å²) in [4.78, 5) is 20.4. The highest BCUT2D eigenvalue weighted by Crippen LogP contribution is 2.34. The van der Waals surface area contributed by atoms with Crippen molar-refractivity contribution >= 4 is 23.2 Å². The monoisotopic (exact) mass is 396 g/mol. The highest BCUT2D eigenvalue weighted by atomic mass is 35.5. The Hall–Kier alpha value is -1.57. The molecular weight excluding hydrogens is 368 g/mol. The van der Waals surface area contributed by atoms with Gasteiger partial charge in [0.1, 0.15) is 13.2 Å². The van der Waals surface area contributed by atoms with Gasteiger partial charge in [0.05, 0.1) is 5.69 Å². The van der Waals surface area contributed by atoms with Gasteiger partial charge in [-0.15, -0.1) is 0 Å². The minimum atomic E-state index is -0.207. The number of ether oxygens (including phenoxy) is 2. The molecule has 3 heterocycles. The Morgan fingerprint density at radius 3 is 2.30 bits per heavy atom. The van der Waals surface area contributed by atoms with E-state index in [0.29, 0.717) is 42.6 Å². The summed E-state index contributed by atoms with van der Waals surface area (Å²) in [5.41, 5.74) is 0.435. The molecule has 8 heteroatoms. The second-order valence-electron chi connectivity index (χ2n) is 7.49. The SMILES string of the molecule is CC(=O)Nc1cc(OC[C@H]2CCCN2C)c(OC[C@H]2CCCN2C)nc1Cl. The summed E-state index contributed by atoms with van der Waals surface area (Å²) in [5, 5.41) is 2.89. The second kappa shape index (κ2) is 9.08. The fourth-order valence-electron chi connectivity index (χ4n) is 3.68. The topological polar surface area (TPSA) is 66.9 Å². The molecule has 0 aromatic carbocycles. The number of halogens is 1. The highest BCUT2D eigenvalue weighted by molar-refractivity contribution is 6.32. The van der Waals surface area contributed by atoms with Crippen LogP contribution in [-0.2, 0) is 4.79 Å². The number of likely N-dealkylation sites (tertiary alicyclic amines) is 2. The van der Waals surface area contributed by atoms with Crippen molar-refractivity contribution in [3.63, 3.8) is 0 Å². The molecule has 2 atom stereocenters. The molecule has 1 aromatic heterocycles. The average Bonchev–Trinajstić information content (AvgIpc) is 3.21. The van der Waals surface area contributed by atoms with E-state index in [4.69, 9.17) is 21.1 Å². The molecule has 2 fully saturated rings. The first kappa shape index (κ1) is 20.2. The fourth-order valence-corrected chi connectivity index (χ4v) is 3.86. The molecule has 1 aromatic rings. The largest absolute Gasteiger partial charge is 0.486 e. The fraction of sp³-hybridized carbons (Fsp3) is 0.684. The summed E-state index contributed by atoms with van der Waals surface area (Å²) in [6.07, 6.45) is 4.58. The third kappa shape index (κ3) is 5.24. The number of anilines is 1. The maximum Gasteiger partial charge on any atom is 0.258 e. The normalized spacial score (nSPS) is 23.6. The lowest BCUT2D eigenvalue weighted by Gasteiger charge is -2.22. The van der Waals surface area contributed by atoms with Gasteiger partial charge in [0.25, 0.3) is 5.88 Å². The predicted octanol–water partition coefficient (Wildman–Crippen LogP) is 2.64. The van der Waals surface area contributed by atoms with E-state index in [1.165, 1.54) is 19.8 Å². The molecule has 0 saturated carbocycles. The van der Waals surface area contributed by atoms with Gasteiger partial charge in [0.15, 0.2) is 10.9 Å². The van der Waals surface area contributed by atoms with Gasteiger partial charge >= 0.3 is 0 Å². The number of likely N-dealkylation sites (N-methyl/N-ethyl adjacent to an activating group) is 2. The molecule has 27 heavy (non-hydrogen) atoms. The third-order valence-electron chi connectivity index (χ3n) is 5.41. The minimum Gasteiger partial charge on any atom is -0.486 e. The zero-order valence-electron chi connectivity index (χ0n) is 16.3. The minimum absolute atomic E-state index is 0.199. The number of hydrogen-bond acceptors (Lipinski definition) is 6. The van der Waals surface area contributed by atoms with E-state index in [1.54, 1.807) is 6.07 Å². The molecule has 0 aliphatic carbocycles. The van der Waals surface area contributed by atoms with Gasteiger partial charge in [-0.3, -0.25) is 4.79 Å². The molecule has 0 unspecified atom stereocenters. The average molecular weight is 397 g/mol. The highest BCUT2D eigenvalue weighted by Gasteiger charge is 2.25. The van der Waals surface area contributed by atoms with Crippen LogP contribution in [0.25, 0.3) is 0 Å². The Balaban J connectivity index is 1.74. The van der Waals surface area contributed by atoms with E-state index in [2.05, 4.69) is 34.2 Å². The Morgan fingerprint density at radius 2 is 1.78 bits per heavy atom. The molecule has 0 radical (unpaired) electrons. The molecule has 2 aliphatic heterocycles. The molecule has 7 nitrogen and oxygen atoms in total. The number of pyridine rings is 1. The van der Waals surface area contributed by atoms with Gasteiger partial charge in [-0.25, -0.2) is 0 Å². The van der Waals surface area contributed by atoms with E-state index >= 15 is 0 Å². The van der Waals surface area contributed by atoms with E-state index in [1.807, 2.05) is 0 Å². The quantitative estimate of drug-likeness (QED) is 0.715. The maximum atomic E-state index is 11.4. The summed E-state index contributed by atoms with van der Waals surface area (Å²) in [7, 11) is 4.21. The number of hydrogen-bond donors (Lipinski definition) is 1. The van der Waals surface area contributed by atoms with Crippen LogP contribution >= 0.6 is 11.6 Å². The summed E-state index contributed by atoms with van der Waals surface area (Å²) in [6.45, 7) is 4.70. The molecule has 2 saturated heterocycles. The molecule has 2 aliphatic rings. The lowest BCUT2D eigenvalue weighted by molar-refractivity contribution is -0.114. The van der Waals surface area contributed by atoms with Crippen LogP contribution < -0.4 is 14.8 Å². The Labute approximate surface area is 166 Å². The van der Waals surface area contributed by atoms with Crippen molar-refractivity contribution in [1.29, 1.82) is 0 Å². The number of nitrogens with zero attached hydrogens (tertiary/aromatic N) is 3. The Kier molecular flexibility index (Phi) is 6.78. The van der Waals surface area contributed by atoms with Gasteiger partial charge in [0.2, 0.25) is 5.91 Å². The molecule has 3 rings (SSSR count). The molecular formula is C19H29ClN4O3. The number of amides is 1. The summed E-state index contributed by atoms with van der Waals surface area (Å²) in [5.74, 6) is 0.695. The first-order valence-electron chi connectivity index (χ1n) is 9.58. The predicted molar refractivity (Wildman–Crippen MR) is 106 cm³/mol. The third-order valence-corrected chi connectivity index (χ3v) is 5.69. The van der Waals surface area contributed by atoms with Gasteiger partial charge in [-0.05, 0) is 52.9 Å². The lowest BCUT2D eigenvalue weighted by Crippen LogP contribution is -2.31. The lowest BCUT2D eigenvalue weighted by atomic mass is 10.2. The number of nitrogens with one attached hydrogen (secondary N) is 1. The van der Waals surface area contributed by atoms with E-state index in [9.17, 15) is 4.79 Å². The number of rotatable bonds is 7. The number of carbonyl (C=O) groups is 1. The van der Waals surface area contributed by atoms with Gasteiger partial charge in [-0.1, -0.05) is 11.6 Å². The van der Waals surface area contributed by atoms with Gasteiger partial charge < -0.3 is 24.6 Å². The van der Waals surface area contributed by atoms with Crippen LogP contribution in [0.5, 0.6) is 11.6 Å². The number of aromatic nitrogens is 1. The van der Waals surface area contributed by atoms with Crippen molar-refractivity contribution in [3.8, 4) is 11.6 Å². The Morgan fingerprint density at radius 1 is 1.19 bits per heavy atom. The van der Waals surface area contributed by atoms with Crippen molar-refractivity contribution in [2.75, 3.05) is 45.7 Å². The zero-order chi connectivity index (χ0) is 19.4. The number of carbonyl (C=O) groups excluding carboxylic acids is 1. The molecule has 1 amide bonds. The first-order valence-corrected chi connectivity index (χ1v) is 9.96. The van der Waals surface area contributed by atoms with E-state index in [-0.39, 0.29) is 11.1 Å². The van der Waals surface area contributed by atoms with Crippen molar-refractivity contribution in [3.05, 3.63) is 11.2 Å². The molecule has 0 bridgehead atoms. The Bertz CT molecular complexity index is 673. The van der Waals surface area contributed by atoms with Crippen LogP contribution in [0.15, 0.2) is 6.07 Å². The van der Waals surface area contributed by atoms with Crippen LogP contribution in [0.3, 0.4) is 0 Å². The van der Waals surface area contributed by atoms with Crippen LogP contribution in [0.4, 0.5) is 5.69 Å². The van der Waals surface area contributed by atoms with Crippen LogP contribution in [0.2, 0.25) is 5.15 Å². The first-order chi connectivity index (χ1) is 12.9. The molecule has 1 N–H and O–H groups in total. The summed E-state index contributed by atoms with van der Waals surface area (Å²) < 4.78 is 12.0. The van der Waals surface area contributed by atoms with E-state index in [0.717, 1.165) is 25.9 Å².